The first kappa shape index (κ1) is 22.7. The van der Waals surface area contributed by atoms with Gasteiger partial charge in [0.15, 0.2) is 0 Å². The summed E-state index contributed by atoms with van der Waals surface area (Å²) in [6, 6.07) is 0. The van der Waals surface area contributed by atoms with Gasteiger partial charge in [-0.3, -0.25) is 0 Å². The molecule has 0 aliphatic heterocycles. The van der Waals surface area contributed by atoms with E-state index in [0.29, 0.717) is 29.1 Å². The lowest BCUT2D eigenvalue weighted by molar-refractivity contribution is -0.148. The van der Waals surface area contributed by atoms with Crippen molar-refractivity contribution in [2.45, 2.75) is 116 Å². The SMILES string of the molecule is C#C[C@@](C)(O)CC[C@@H](C)[C@H]1CC[C@H]2C3CC[C@H]4C[C@@](C)(O)CC[C@]4(C)[C@H]3CCC12C. The van der Waals surface area contributed by atoms with Gasteiger partial charge in [-0.15, -0.1) is 6.42 Å². The van der Waals surface area contributed by atoms with E-state index in [1.807, 2.05) is 0 Å². The van der Waals surface area contributed by atoms with Gasteiger partial charge >= 0.3 is 0 Å². The van der Waals surface area contributed by atoms with Crippen molar-refractivity contribution in [1.82, 2.24) is 0 Å². The average molecular weight is 415 g/mol. The normalized spacial score (nSPS) is 51.1. The van der Waals surface area contributed by atoms with Crippen molar-refractivity contribution in [1.29, 1.82) is 0 Å². The summed E-state index contributed by atoms with van der Waals surface area (Å²) in [6.07, 6.45) is 18.7. The molecule has 2 nitrogen and oxygen atoms in total. The molecular formula is C28H46O2. The Morgan fingerprint density at radius 3 is 2.40 bits per heavy atom. The minimum atomic E-state index is -0.958. The monoisotopic (exact) mass is 414 g/mol. The number of rotatable bonds is 4. The number of aliphatic hydroxyl groups is 2. The number of hydrogen-bond acceptors (Lipinski definition) is 2. The second-order valence-electron chi connectivity index (χ2n) is 13.0. The van der Waals surface area contributed by atoms with Crippen molar-refractivity contribution in [3.63, 3.8) is 0 Å². The summed E-state index contributed by atoms with van der Waals surface area (Å²) >= 11 is 0. The van der Waals surface area contributed by atoms with Crippen LogP contribution in [0, 0.1) is 58.7 Å². The highest BCUT2D eigenvalue weighted by Crippen LogP contribution is 2.68. The number of terminal acetylenes is 1. The molecule has 10 atom stereocenters. The highest BCUT2D eigenvalue weighted by Gasteiger charge is 2.61. The minimum absolute atomic E-state index is 0.437. The summed E-state index contributed by atoms with van der Waals surface area (Å²) in [5, 5.41) is 21.0. The second-order valence-corrected chi connectivity index (χ2v) is 13.0. The van der Waals surface area contributed by atoms with E-state index in [1.165, 1.54) is 44.9 Å². The van der Waals surface area contributed by atoms with Crippen molar-refractivity contribution in [3.05, 3.63) is 0 Å². The summed E-state index contributed by atoms with van der Waals surface area (Å²) in [5.74, 6) is 7.31. The molecule has 0 bridgehead atoms. The molecule has 0 radical (unpaired) electrons. The maximum atomic E-state index is 10.7. The van der Waals surface area contributed by atoms with Gasteiger partial charge in [0.1, 0.15) is 5.60 Å². The van der Waals surface area contributed by atoms with E-state index < -0.39 is 11.2 Å². The first-order chi connectivity index (χ1) is 13.9. The van der Waals surface area contributed by atoms with E-state index in [9.17, 15) is 10.2 Å². The second kappa shape index (κ2) is 7.52. The number of fused-ring (bicyclic) bond motifs is 5. The number of hydrogen-bond donors (Lipinski definition) is 2. The molecule has 0 spiro atoms. The molecule has 2 unspecified atom stereocenters. The lowest BCUT2D eigenvalue weighted by Crippen LogP contribution is -2.55. The Bertz CT molecular complexity index is 687. The lowest BCUT2D eigenvalue weighted by Gasteiger charge is -2.62. The third-order valence-electron chi connectivity index (χ3n) is 11.1. The van der Waals surface area contributed by atoms with Gasteiger partial charge in [0, 0.05) is 0 Å². The van der Waals surface area contributed by atoms with E-state index in [0.717, 1.165) is 42.9 Å². The van der Waals surface area contributed by atoms with Crippen molar-refractivity contribution >= 4 is 0 Å². The standard InChI is InChI=1S/C28H46O2/c1-7-25(3,29)14-12-19(2)22-10-11-23-21-9-8-20-18-26(4,30)16-17-27(20,5)24(21)13-15-28(22,23)6/h1,19-24,29-30H,8-18H2,2-6H3/t19-,20+,21?,22-,23+,24+,25-,26+,27+,28?/m1/s1. The van der Waals surface area contributed by atoms with E-state index in [-0.39, 0.29) is 0 Å². The van der Waals surface area contributed by atoms with Gasteiger partial charge in [0.2, 0.25) is 0 Å². The van der Waals surface area contributed by atoms with Gasteiger partial charge in [0.05, 0.1) is 5.60 Å². The molecule has 4 aliphatic rings. The highest BCUT2D eigenvalue weighted by atomic mass is 16.3. The van der Waals surface area contributed by atoms with Crippen molar-refractivity contribution in [2.24, 2.45) is 46.3 Å². The molecule has 0 heterocycles. The van der Waals surface area contributed by atoms with Gasteiger partial charge in [-0.05, 0) is 131 Å². The zero-order valence-electron chi connectivity index (χ0n) is 20.2. The maximum Gasteiger partial charge on any atom is 0.122 e. The van der Waals surface area contributed by atoms with E-state index in [2.05, 4.69) is 33.6 Å². The molecular weight excluding hydrogens is 368 g/mol. The zero-order valence-corrected chi connectivity index (χ0v) is 20.2. The van der Waals surface area contributed by atoms with E-state index in [1.54, 1.807) is 6.92 Å². The molecule has 0 aromatic heterocycles. The van der Waals surface area contributed by atoms with Crippen LogP contribution in [0.4, 0.5) is 0 Å². The molecule has 2 heteroatoms. The Labute approximate surface area is 185 Å². The molecule has 170 valence electrons. The first-order valence-corrected chi connectivity index (χ1v) is 12.8. The smallest absolute Gasteiger partial charge is 0.122 e. The summed E-state index contributed by atoms with van der Waals surface area (Å²) in [5.41, 5.74) is -0.485. The van der Waals surface area contributed by atoms with Crippen LogP contribution in [0.15, 0.2) is 0 Å². The van der Waals surface area contributed by atoms with Crippen LogP contribution in [-0.4, -0.2) is 21.4 Å². The Hall–Kier alpha value is -0.520. The molecule has 0 saturated heterocycles. The van der Waals surface area contributed by atoms with Gasteiger partial charge in [-0.2, -0.15) is 0 Å². The predicted octanol–water partition coefficient (Wildman–Crippen LogP) is 6.20. The van der Waals surface area contributed by atoms with Crippen LogP contribution in [0.25, 0.3) is 0 Å². The molecule has 2 N–H and O–H groups in total. The van der Waals surface area contributed by atoms with Crippen molar-refractivity contribution in [2.75, 3.05) is 0 Å². The van der Waals surface area contributed by atoms with Crippen LogP contribution in [0.1, 0.15) is 105 Å². The Morgan fingerprint density at radius 2 is 1.70 bits per heavy atom. The fraction of sp³-hybridized carbons (Fsp3) is 0.929. The fourth-order valence-electron chi connectivity index (χ4n) is 9.19. The highest BCUT2D eigenvalue weighted by molar-refractivity contribution is 5.11. The van der Waals surface area contributed by atoms with Crippen LogP contribution in [0.2, 0.25) is 0 Å². The van der Waals surface area contributed by atoms with Gasteiger partial charge < -0.3 is 10.2 Å². The van der Waals surface area contributed by atoms with Crippen LogP contribution in [0.5, 0.6) is 0 Å². The third-order valence-corrected chi connectivity index (χ3v) is 11.1. The van der Waals surface area contributed by atoms with E-state index >= 15 is 0 Å². The molecule has 0 aromatic rings. The molecule has 4 saturated carbocycles. The summed E-state index contributed by atoms with van der Waals surface area (Å²) in [6.45, 7) is 11.5. The summed E-state index contributed by atoms with van der Waals surface area (Å²) in [4.78, 5) is 0. The quantitative estimate of drug-likeness (QED) is 0.538. The minimum Gasteiger partial charge on any atom is -0.390 e. The average Bonchev–Trinajstić information content (AvgIpc) is 3.04. The fourth-order valence-corrected chi connectivity index (χ4v) is 9.19. The molecule has 4 aliphatic carbocycles. The van der Waals surface area contributed by atoms with Crippen molar-refractivity contribution < 1.29 is 10.2 Å². The topological polar surface area (TPSA) is 40.5 Å². The van der Waals surface area contributed by atoms with Crippen LogP contribution < -0.4 is 0 Å². The first-order valence-electron chi connectivity index (χ1n) is 12.8. The predicted molar refractivity (Wildman–Crippen MR) is 124 cm³/mol. The zero-order chi connectivity index (χ0) is 21.9. The van der Waals surface area contributed by atoms with Crippen molar-refractivity contribution in [3.8, 4) is 12.3 Å². The van der Waals surface area contributed by atoms with Crippen LogP contribution in [0.3, 0.4) is 0 Å². The maximum absolute atomic E-state index is 10.7. The van der Waals surface area contributed by atoms with Gasteiger partial charge in [-0.1, -0.05) is 26.7 Å². The lowest BCUT2D eigenvalue weighted by atomic mass is 9.43. The third kappa shape index (κ3) is 3.67. The molecule has 4 fully saturated rings. The van der Waals surface area contributed by atoms with Gasteiger partial charge in [0.25, 0.3) is 0 Å². The van der Waals surface area contributed by atoms with Crippen LogP contribution >= 0.6 is 0 Å². The Balaban J connectivity index is 1.48. The van der Waals surface area contributed by atoms with Crippen LogP contribution in [-0.2, 0) is 0 Å². The molecule has 0 amide bonds. The molecule has 30 heavy (non-hydrogen) atoms. The Morgan fingerprint density at radius 1 is 1.00 bits per heavy atom. The van der Waals surface area contributed by atoms with Gasteiger partial charge in [-0.25, -0.2) is 0 Å². The largest absolute Gasteiger partial charge is 0.390 e. The summed E-state index contributed by atoms with van der Waals surface area (Å²) in [7, 11) is 0. The molecule has 0 aromatic carbocycles. The molecule has 4 rings (SSSR count). The van der Waals surface area contributed by atoms with E-state index in [4.69, 9.17) is 6.42 Å². The Kier molecular flexibility index (Phi) is 5.68. The summed E-state index contributed by atoms with van der Waals surface area (Å²) < 4.78 is 0.